The van der Waals surface area contributed by atoms with Gasteiger partial charge in [-0.05, 0) is 18.6 Å². The molecular weight excluding hydrogens is 500 g/mol. The van der Waals surface area contributed by atoms with Gasteiger partial charge in [-0.3, -0.25) is 4.79 Å². The molecule has 2 aromatic carbocycles. The molecule has 6 N–H and O–H groups in total. The number of rotatable bonds is 6. The number of amides is 1. The fraction of sp³-hybridized carbons (Fsp3) is 0.200. The summed E-state index contributed by atoms with van der Waals surface area (Å²) in [5.41, 5.74) is 2.79. The van der Waals surface area contributed by atoms with Crippen LogP contribution < -0.4 is 15.5 Å². The molecule has 1 heterocycles. The van der Waals surface area contributed by atoms with E-state index in [1.807, 2.05) is 67.5 Å². The van der Waals surface area contributed by atoms with Gasteiger partial charge in [0.15, 0.2) is 0 Å². The summed E-state index contributed by atoms with van der Waals surface area (Å²) in [5.74, 6) is -6.56. The largest absolute Gasteiger partial charge is 0.473 e. The molecule has 0 saturated carbocycles. The first-order valence-corrected chi connectivity index (χ1v) is 10.9. The minimum Gasteiger partial charge on any atom is -0.473 e. The van der Waals surface area contributed by atoms with Gasteiger partial charge in [0.1, 0.15) is 5.82 Å². The number of pyridine rings is 1. The van der Waals surface area contributed by atoms with E-state index in [1.54, 1.807) is 0 Å². The number of aliphatic carboxylic acids is 4. The predicted molar refractivity (Wildman–Crippen MR) is 138 cm³/mol. The van der Waals surface area contributed by atoms with Crippen LogP contribution in [0.3, 0.4) is 0 Å². The van der Waals surface area contributed by atoms with Crippen LogP contribution in [0.1, 0.15) is 18.5 Å². The minimum absolute atomic E-state index is 0.0751. The summed E-state index contributed by atoms with van der Waals surface area (Å²) in [6.07, 6.45) is 0. The van der Waals surface area contributed by atoms with Crippen LogP contribution in [-0.2, 0) is 24.0 Å². The zero-order chi connectivity index (χ0) is 28.8. The quantitative estimate of drug-likeness (QED) is 0.254. The molecular formula is C25H28N4O9. The third-order valence-corrected chi connectivity index (χ3v) is 4.67. The van der Waals surface area contributed by atoms with Gasteiger partial charge in [0.2, 0.25) is 5.91 Å². The Balaban J connectivity index is 0.000000503. The highest BCUT2D eigenvalue weighted by molar-refractivity contribution is 6.27. The Bertz CT molecular complexity index is 1230. The Morgan fingerprint density at radius 1 is 0.816 bits per heavy atom. The topological polar surface area (TPSA) is 206 Å². The van der Waals surface area contributed by atoms with Crippen molar-refractivity contribution in [3.63, 3.8) is 0 Å². The van der Waals surface area contributed by atoms with Crippen LogP contribution in [0.25, 0.3) is 10.9 Å². The standard InChI is InChI=1S/C21H24N4O.2C2H2O4/c1-15(16-9-5-4-6-10-16)22-14-21(26)24-19-13-20(25(2)3)23-18-12-8-7-11-17(18)19;2*3-1(4)2(5)6/h4-13,15,22H,14H2,1-3H3,(H,23,24,26);2*(H,3,4)(H,5,6). The summed E-state index contributed by atoms with van der Waals surface area (Å²) in [6.45, 7) is 2.29. The fourth-order valence-corrected chi connectivity index (χ4v) is 2.79. The summed E-state index contributed by atoms with van der Waals surface area (Å²) in [6, 6.07) is 19.9. The average molecular weight is 529 g/mol. The molecule has 13 nitrogen and oxygen atoms in total. The first kappa shape index (κ1) is 31.0. The molecule has 202 valence electrons. The number of nitrogens with zero attached hydrogens (tertiary/aromatic N) is 2. The average Bonchev–Trinajstić information content (AvgIpc) is 2.88. The van der Waals surface area contributed by atoms with Gasteiger partial charge >= 0.3 is 23.9 Å². The molecule has 0 bridgehead atoms. The van der Waals surface area contributed by atoms with Crippen molar-refractivity contribution in [3.05, 3.63) is 66.2 Å². The number of para-hydroxylation sites is 1. The van der Waals surface area contributed by atoms with E-state index in [4.69, 9.17) is 39.6 Å². The van der Waals surface area contributed by atoms with Gasteiger partial charge in [-0.1, -0.05) is 48.5 Å². The van der Waals surface area contributed by atoms with E-state index in [-0.39, 0.29) is 18.5 Å². The smallest absolute Gasteiger partial charge is 0.414 e. The zero-order valence-electron chi connectivity index (χ0n) is 20.8. The van der Waals surface area contributed by atoms with Crippen LogP contribution in [0.2, 0.25) is 0 Å². The highest BCUT2D eigenvalue weighted by Gasteiger charge is 2.12. The zero-order valence-corrected chi connectivity index (χ0v) is 20.8. The number of anilines is 2. The molecule has 38 heavy (non-hydrogen) atoms. The number of aromatic nitrogens is 1. The molecule has 1 amide bonds. The lowest BCUT2D eigenvalue weighted by molar-refractivity contribution is -0.159. The fourth-order valence-electron chi connectivity index (χ4n) is 2.79. The second kappa shape index (κ2) is 15.2. The second-order valence-electron chi connectivity index (χ2n) is 7.72. The van der Waals surface area contributed by atoms with Gasteiger partial charge in [-0.25, -0.2) is 24.2 Å². The number of hydrogen-bond acceptors (Lipinski definition) is 8. The van der Waals surface area contributed by atoms with Crippen LogP contribution in [-0.4, -0.2) is 75.8 Å². The number of carbonyl (C=O) groups is 5. The van der Waals surface area contributed by atoms with Crippen molar-refractivity contribution in [2.24, 2.45) is 0 Å². The van der Waals surface area contributed by atoms with Crippen LogP contribution >= 0.6 is 0 Å². The predicted octanol–water partition coefficient (Wildman–Crippen LogP) is 1.90. The summed E-state index contributed by atoms with van der Waals surface area (Å²) < 4.78 is 0. The van der Waals surface area contributed by atoms with E-state index in [9.17, 15) is 4.79 Å². The molecule has 1 atom stereocenters. The SMILES string of the molecule is CC(NCC(=O)Nc1cc(N(C)C)nc2ccccc12)c1ccccc1.O=C(O)C(=O)O.O=C(O)C(=O)O. The van der Waals surface area contributed by atoms with Crippen LogP contribution in [0, 0.1) is 0 Å². The molecule has 1 unspecified atom stereocenters. The molecule has 3 rings (SSSR count). The lowest BCUT2D eigenvalue weighted by atomic mass is 10.1. The molecule has 0 radical (unpaired) electrons. The lowest BCUT2D eigenvalue weighted by Crippen LogP contribution is -2.30. The van der Waals surface area contributed by atoms with E-state index in [1.165, 1.54) is 0 Å². The van der Waals surface area contributed by atoms with Crippen LogP contribution in [0.4, 0.5) is 11.5 Å². The first-order chi connectivity index (χ1) is 17.8. The maximum absolute atomic E-state index is 12.5. The van der Waals surface area contributed by atoms with E-state index in [2.05, 4.69) is 34.7 Å². The van der Waals surface area contributed by atoms with Crippen molar-refractivity contribution in [3.8, 4) is 0 Å². The summed E-state index contributed by atoms with van der Waals surface area (Å²) in [4.78, 5) is 55.4. The number of benzene rings is 2. The maximum atomic E-state index is 12.5. The molecule has 0 aliphatic carbocycles. The summed E-state index contributed by atoms with van der Waals surface area (Å²) >= 11 is 0. The van der Waals surface area contributed by atoms with Gasteiger partial charge in [0.05, 0.1) is 17.7 Å². The van der Waals surface area contributed by atoms with Gasteiger partial charge in [0.25, 0.3) is 0 Å². The Morgan fingerprint density at radius 2 is 1.32 bits per heavy atom. The third-order valence-electron chi connectivity index (χ3n) is 4.67. The molecule has 0 fully saturated rings. The maximum Gasteiger partial charge on any atom is 0.414 e. The Hall–Kier alpha value is -5.04. The van der Waals surface area contributed by atoms with Crippen molar-refractivity contribution in [1.82, 2.24) is 10.3 Å². The highest BCUT2D eigenvalue weighted by atomic mass is 16.4. The molecule has 0 aliphatic rings. The van der Waals surface area contributed by atoms with Gasteiger partial charge in [-0.15, -0.1) is 0 Å². The lowest BCUT2D eigenvalue weighted by Gasteiger charge is -2.17. The van der Waals surface area contributed by atoms with E-state index in [0.717, 1.165) is 28.0 Å². The molecule has 13 heteroatoms. The monoisotopic (exact) mass is 528 g/mol. The summed E-state index contributed by atoms with van der Waals surface area (Å²) in [5, 5.41) is 36.8. The van der Waals surface area contributed by atoms with E-state index >= 15 is 0 Å². The van der Waals surface area contributed by atoms with Crippen LogP contribution in [0.5, 0.6) is 0 Å². The molecule has 0 spiro atoms. The van der Waals surface area contributed by atoms with Gasteiger partial charge in [-0.2, -0.15) is 0 Å². The molecule has 0 aliphatic heterocycles. The number of carboxylic acid groups (broad SMARTS) is 4. The van der Waals surface area contributed by atoms with Gasteiger partial charge < -0.3 is 36.0 Å². The number of nitrogens with one attached hydrogen (secondary N) is 2. The highest BCUT2D eigenvalue weighted by Crippen LogP contribution is 2.26. The summed E-state index contributed by atoms with van der Waals surface area (Å²) in [7, 11) is 3.87. The van der Waals surface area contributed by atoms with Crippen molar-refractivity contribution in [1.29, 1.82) is 0 Å². The van der Waals surface area contributed by atoms with Crippen molar-refractivity contribution in [2.45, 2.75) is 13.0 Å². The van der Waals surface area contributed by atoms with Crippen molar-refractivity contribution < 1.29 is 44.4 Å². The Kier molecular flexibility index (Phi) is 12.4. The van der Waals surface area contributed by atoms with Crippen LogP contribution in [0.15, 0.2) is 60.7 Å². The first-order valence-electron chi connectivity index (χ1n) is 10.9. The van der Waals surface area contributed by atoms with E-state index < -0.39 is 23.9 Å². The molecule has 3 aromatic rings. The Morgan fingerprint density at radius 3 is 1.82 bits per heavy atom. The number of carbonyl (C=O) groups excluding carboxylic acids is 1. The van der Waals surface area contributed by atoms with Crippen molar-refractivity contribution in [2.75, 3.05) is 30.9 Å². The third kappa shape index (κ3) is 10.7. The normalized spacial score (nSPS) is 10.5. The number of hydrogen-bond donors (Lipinski definition) is 6. The van der Waals surface area contributed by atoms with E-state index in [0.29, 0.717) is 0 Å². The van der Waals surface area contributed by atoms with Crippen molar-refractivity contribution >= 4 is 52.2 Å². The molecule has 1 aromatic heterocycles. The molecule has 0 saturated heterocycles. The number of fused-ring (bicyclic) bond motifs is 1. The van der Waals surface area contributed by atoms with Gasteiger partial charge in [0, 0.05) is 31.6 Å². The number of carboxylic acids is 4. The minimum atomic E-state index is -1.82. The second-order valence-corrected chi connectivity index (χ2v) is 7.72. The Labute approximate surface area is 217 Å².